The predicted molar refractivity (Wildman–Crippen MR) is 125 cm³/mol. The summed E-state index contributed by atoms with van der Waals surface area (Å²) < 4.78 is 48.8. The molecule has 0 bridgehead atoms. The van der Waals surface area contributed by atoms with Crippen LogP contribution in [0.15, 0.2) is 47.4 Å². The smallest absolute Gasteiger partial charge is 0.271 e. The van der Waals surface area contributed by atoms with Crippen LogP contribution in [-0.2, 0) is 24.7 Å². The predicted octanol–water partition coefficient (Wildman–Crippen LogP) is 2.73. The van der Waals surface area contributed by atoms with Gasteiger partial charge in [0.2, 0.25) is 15.9 Å². The van der Waals surface area contributed by atoms with E-state index >= 15 is 0 Å². The number of nitrogens with one attached hydrogen (secondary N) is 1. The average Bonchev–Trinajstić information content (AvgIpc) is 2.70. The standard InChI is InChI=1S/C21H27N3O7S2/c1-15-7-10-18(24(26)27)14-20(15)23(33(4,30)31)13-5-6-21(25)22-16(2)17-8-11-19(12-9-17)32(3,28)29/h7-12,14,16H,5-6,13H2,1-4H3,(H,22,25)/t16-/m0/s1. The highest BCUT2D eigenvalue weighted by Crippen LogP contribution is 2.28. The van der Waals surface area contributed by atoms with Crippen LogP contribution in [0.5, 0.6) is 0 Å². The van der Waals surface area contributed by atoms with Gasteiger partial charge in [0, 0.05) is 31.4 Å². The van der Waals surface area contributed by atoms with E-state index in [4.69, 9.17) is 0 Å². The third-order valence-electron chi connectivity index (χ3n) is 5.02. The van der Waals surface area contributed by atoms with Gasteiger partial charge in [-0.3, -0.25) is 19.2 Å². The Morgan fingerprint density at radius 3 is 2.21 bits per heavy atom. The van der Waals surface area contributed by atoms with Crippen LogP contribution in [0.1, 0.15) is 36.9 Å². The molecule has 0 radical (unpaired) electrons. The normalized spacial score (nSPS) is 12.7. The number of carbonyl (C=O) groups is 1. The summed E-state index contributed by atoms with van der Waals surface area (Å²) in [5.74, 6) is -0.307. The van der Waals surface area contributed by atoms with Gasteiger partial charge in [-0.25, -0.2) is 16.8 Å². The molecule has 2 rings (SSSR count). The summed E-state index contributed by atoms with van der Waals surface area (Å²) in [6.07, 6.45) is 2.35. The molecule has 1 N–H and O–H groups in total. The van der Waals surface area contributed by atoms with Gasteiger partial charge in [-0.05, 0) is 43.5 Å². The van der Waals surface area contributed by atoms with Crippen LogP contribution in [0.3, 0.4) is 0 Å². The van der Waals surface area contributed by atoms with Crippen LogP contribution >= 0.6 is 0 Å². The average molecular weight is 498 g/mol. The molecule has 2 aromatic carbocycles. The van der Waals surface area contributed by atoms with Gasteiger partial charge >= 0.3 is 0 Å². The summed E-state index contributed by atoms with van der Waals surface area (Å²) in [6.45, 7) is 3.38. The van der Waals surface area contributed by atoms with E-state index in [0.717, 1.165) is 22.4 Å². The number of rotatable bonds is 10. The molecule has 0 aliphatic rings. The van der Waals surface area contributed by atoms with Crippen molar-refractivity contribution in [1.82, 2.24) is 5.32 Å². The van der Waals surface area contributed by atoms with E-state index in [0.29, 0.717) is 5.56 Å². The van der Waals surface area contributed by atoms with E-state index in [2.05, 4.69) is 5.32 Å². The van der Waals surface area contributed by atoms with E-state index in [9.17, 15) is 31.7 Å². The minimum Gasteiger partial charge on any atom is -0.350 e. The van der Waals surface area contributed by atoms with Crippen molar-refractivity contribution in [2.75, 3.05) is 23.4 Å². The van der Waals surface area contributed by atoms with Crippen molar-refractivity contribution in [2.45, 2.75) is 37.6 Å². The lowest BCUT2D eigenvalue weighted by molar-refractivity contribution is -0.384. The molecule has 12 heteroatoms. The number of amides is 1. The zero-order chi connectivity index (χ0) is 25.0. The van der Waals surface area contributed by atoms with E-state index < -0.39 is 24.8 Å². The van der Waals surface area contributed by atoms with Gasteiger partial charge in [0.05, 0.1) is 27.8 Å². The Hall–Kier alpha value is -2.99. The number of nitro groups is 1. The third kappa shape index (κ3) is 7.26. The highest BCUT2D eigenvalue weighted by Gasteiger charge is 2.22. The second kappa shape index (κ2) is 10.3. The molecule has 0 aromatic heterocycles. The summed E-state index contributed by atoms with van der Waals surface area (Å²) in [6, 6.07) is 9.80. The highest BCUT2D eigenvalue weighted by atomic mass is 32.2. The van der Waals surface area contributed by atoms with Crippen molar-refractivity contribution in [3.63, 3.8) is 0 Å². The highest BCUT2D eigenvalue weighted by molar-refractivity contribution is 7.92. The third-order valence-corrected chi connectivity index (χ3v) is 7.33. The molecule has 0 heterocycles. The summed E-state index contributed by atoms with van der Waals surface area (Å²) in [4.78, 5) is 23.0. The molecule has 1 atom stereocenters. The Morgan fingerprint density at radius 1 is 1.09 bits per heavy atom. The molecule has 0 saturated carbocycles. The first-order valence-corrected chi connectivity index (χ1v) is 13.8. The lowest BCUT2D eigenvalue weighted by Crippen LogP contribution is -2.33. The molecule has 2 aromatic rings. The molecule has 0 aliphatic carbocycles. The van der Waals surface area contributed by atoms with E-state index in [1.165, 1.54) is 30.3 Å². The number of aryl methyl sites for hydroxylation is 1. The minimum absolute atomic E-state index is 0.0221. The van der Waals surface area contributed by atoms with E-state index in [-0.39, 0.29) is 47.6 Å². The van der Waals surface area contributed by atoms with E-state index in [1.54, 1.807) is 26.0 Å². The van der Waals surface area contributed by atoms with Gasteiger partial charge in [0.25, 0.3) is 5.69 Å². The van der Waals surface area contributed by atoms with Gasteiger partial charge in [0.1, 0.15) is 0 Å². The summed E-state index contributed by atoms with van der Waals surface area (Å²) in [5, 5.41) is 13.9. The van der Waals surface area contributed by atoms with Gasteiger partial charge in [0.15, 0.2) is 9.84 Å². The monoisotopic (exact) mass is 497 g/mol. The molecule has 1 amide bonds. The maximum atomic E-state index is 12.4. The molecular formula is C21H27N3O7S2. The number of hydrogen-bond donors (Lipinski definition) is 1. The largest absolute Gasteiger partial charge is 0.350 e. The number of carbonyl (C=O) groups excluding carboxylic acids is 1. The quantitative estimate of drug-likeness (QED) is 0.392. The lowest BCUT2D eigenvalue weighted by Gasteiger charge is -2.24. The first kappa shape index (κ1) is 26.3. The van der Waals surface area contributed by atoms with E-state index in [1.807, 2.05) is 0 Å². The van der Waals surface area contributed by atoms with Crippen molar-refractivity contribution < 1.29 is 26.6 Å². The van der Waals surface area contributed by atoms with Crippen LogP contribution in [0, 0.1) is 17.0 Å². The summed E-state index contributed by atoms with van der Waals surface area (Å²) >= 11 is 0. The molecule has 0 aliphatic heterocycles. The van der Waals surface area contributed by atoms with Gasteiger partial charge < -0.3 is 5.32 Å². The maximum absolute atomic E-state index is 12.4. The molecule has 180 valence electrons. The molecule has 10 nitrogen and oxygen atoms in total. The molecule has 0 unspecified atom stereocenters. The van der Waals surface area contributed by atoms with Crippen molar-refractivity contribution in [1.29, 1.82) is 0 Å². The van der Waals surface area contributed by atoms with Crippen LogP contribution in [0.25, 0.3) is 0 Å². The first-order chi connectivity index (χ1) is 15.2. The zero-order valence-electron chi connectivity index (χ0n) is 18.8. The number of benzene rings is 2. The Kier molecular flexibility index (Phi) is 8.20. The molecule has 0 fully saturated rings. The number of hydrogen-bond acceptors (Lipinski definition) is 7. The second-order valence-corrected chi connectivity index (χ2v) is 11.7. The van der Waals surface area contributed by atoms with Gasteiger partial charge in [-0.1, -0.05) is 18.2 Å². The SMILES string of the molecule is Cc1ccc([N+](=O)[O-])cc1N(CCCC(=O)N[C@@H](C)c1ccc(S(C)(=O)=O)cc1)S(C)(=O)=O. The first-order valence-electron chi connectivity index (χ1n) is 10.0. The maximum Gasteiger partial charge on any atom is 0.271 e. The summed E-state index contributed by atoms with van der Waals surface area (Å²) in [5.41, 5.74) is 1.26. The van der Waals surface area contributed by atoms with Crippen molar-refractivity contribution in [3.8, 4) is 0 Å². The lowest BCUT2D eigenvalue weighted by atomic mass is 10.1. The van der Waals surface area contributed by atoms with Crippen molar-refractivity contribution >= 4 is 37.1 Å². The van der Waals surface area contributed by atoms with Crippen molar-refractivity contribution in [2.24, 2.45) is 0 Å². The summed E-state index contributed by atoms with van der Waals surface area (Å²) in [7, 11) is -7.05. The topological polar surface area (TPSA) is 144 Å². The fourth-order valence-electron chi connectivity index (χ4n) is 3.23. The number of nitro benzene ring substituents is 1. The van der Waals surface area contributed by atoms with Crippen LogP contribution < -0.4 is 9.62 Å². The second-order valence-electron chi connectivity index (χ2n) is 7.80. The van der Waals surface area contributed by atoms with Gasteiger partial charge in [-0.15, -0.1) is 0 Å². The van der Waals surface area contributed by atoms with Crippen LogP contribution in [-0.4, -0.2) is 46.7 Å². The Morgan fingerprint density at radius 2 is 1.70 bits per heavy atom. The zero-order valence-corrected chi connectivity index (χ0v) is 20.4. The molecule has 0 saturated heterocycles. The number of sulfone groups is 1. The fraction of sp³-hybridized carbons (Fsp3) is 0.381. The van der Waals surface area contributed by atoms with Crippen LogP contribution in [0.2, 0.25) is 0 Å². The molecule has 33 heavy (non-hydrogen) atoms. The molecular weight excluding hydrogens is 470 g/mol. The fourth-order valence-corrected chi connectivity index (χ4v) is 4.87. The number of nitrogens with zero attached hydrogens (tertiary/aromatic N) is 2. The minimum atomic E-state index is -3.73. The molecule has 0 spiro atoms. The Bertz CT molecular complexity index is 1240. The van der Waals surface area contributed by atoms with Gasteiger partial charge in [-0.2, -0.15) is 0 Å². The Balaban J connectivity index is 2.04. The number of non-ortho nitro benzene ring substituents is 1. The van der Waals surface area contributed by atoms with Crippen molar-refractivity contribution in [3.05, 3.63) is 63.7 Å². The number of sulfonamides is 1. The number of anilines is 1. The van der Waals surface area contributed by atoms with Crippen LogP contribution in [0.4, 0.5) is 11.4 Å². The Labute approximate surface area is 193 Å².